The average Bonchev–Trinajstić information content (AvgIpc) is 2.71. The van der Waals surface area contributed by atoms with Gasteiger partial charge in [-0.25, -0.2) is 14.0 Å². The molecular weight excluding hydrogens is 226 g/mol. The van der Waals surface area contributed by atoms with E-state index in [4.69, 9.17) is 0 Å². The van der Waals surface area contributed by atoms with Gasteiger partial charge in [0, 0.05) is 0 Å². The van der Waals surface area contributed by atoms with Crippen molar-refractivity contribution in [2.24, 2.45) is 0 Å². The molecule has 0 spiro atoms. The molecule has 0 aliphatic carbocycles. The number of hydrogen-bond donors (Lipinski definition) is 0. The van der Waals surface area contributed by atoms with Gasteiger partial charge in [0.25, 0.3) is 0 Å². The third kappa shape index (κ3) is 2.23. The van der Waals surface area contributed by atoms with Gasteiger partial charge in [-0.2, -0.15) is 5.10 Å². The average molecular weight is 245 g/mol. The van der Waals surface area contributed by atoms with Gasteiger partial charge in [-0.3, -0.25) is 0 Å². The Morgan fingerprint density at radius 2 is 1.67 bits per heavy atom. The molecule has 0 N–H and O–H groups in total. The standard InChI is InChI=1S/C14H19N3O/c1-10(2)12-5-7-13(8-6-12)16-9-15-17(11(3)4)14(16)18/h5-11H,1-4H3. The third-order valence-electron chi connectivity index (χ3n) is 3.02. The van der Waals surface area contributed by atoms with Gasteiger partial charge in [0.1, 0.15) is 6.33 Å². The number of benzene rings is 1. The van der Waals surface area contributed by atoms with Crippen LogP contribution in [0.3, 0.4) is 0 Å². The number of nitrogens with zero attached hydrogens (tertiary/aromatic N) is 3. The van der Waals surface area contributed by atoms with E-state index in [1.165, 1.54) is 10.2 Å². The maximum atomic E-state index is 12.1. The van der Waals surface area contributed by atoms with Gasteiger partial charge in [-0.15, -0.1) is 0 Å². The van der Waals surface area contributed by atoms with Crippen molar-refractivity contribution in [3.63, 3.8) is 0 Å². The fraction of sp³-hybridized carbons (Fsp3) is 0.429. The van der Waals surface area contributed by atoms with Gasteiger partial charge in [0.05, 0.1) is 11.7 Å². The van der Waals surface area contributed by atoms with Gasteiger partial charge in [-0.05, 0) is 37.5 Å². The fourth-order valence-electron chi connectivity index (χ4n) is 1.87. The van der Waals surface area contributed by atoms with Crippen LogP contribution in [0.1, 0.15) is 45.2 Å². The van der Waals surface area contributed by atoms with E-state index in [2.05, 4.69) is 31.1 Å². The highest BCUT2D eigenvalue weighted by molar-refractivity contribution is 5.35. The first-order valence-electron chi connectivity index (χ1n) is 6.27. The molecule has 96 valence electrons. The van der Waals surface area contributed by atoms with Crippen molar-refractivity contribution in [2.45, 2.75) is 39.7 Å². The molecule has 0 aliphatic heterocycles. The second-order valence-corrected chi connectivity index (χ2v) is 5.07. The zero-order valence-electron chi connectivity index (χ0n) is 11.3. The van der Waals surface area contributed by atoms with E-state index in [0.717, 1.165) is 5.69 Å². The fourth-order valence-corrected chi connectivity index (χ4v) is 1.87. The van der Waals surface area contributed by atoms with Crippen molar-refractivity contribution in [3.8, 4) is 5.69 Å². The quantitative estimate of drug-likeness (QED) is 0.834. The Morgan fingerprint density at radius 1 is 1.06 bits per heavy atom. The minimum absolute atomic E-state index is 0.0775. The molecule has 0 unspecified atom stereocenters. The van der Waals surface area contributed by atoms with Crippen LogP contribution in [0.2, 0.25) is 0 Å². The van der Waals surface area contributed by atoms with E-state index in [-0.39, 0.29) is 11.7 Å². The van der Waals surface area contributed by atoms with Gasteiger partial charge in [-0.1, -0.05) is 26.0 Å². The molecule has 2 rings (SSSR count). The molecule has 2 aromatic rings. The molecule has 4 nitrogen and oxygen atoms in total. The Hall–Kier alpha value is -1.84. The van der Waals surface area contributed by atoms with E-state index in [1.54, 1.807) is 10.9 Å². The van der Waals surface area contributed by atoms with Crippen LogP contribution in [-0.2, 0) is 0 Å². The highest BCUT2D eigenvalue weighted by Gasteiger charge is 2.09. The third-order valence-corrected chi connectivity index (χ3v) is 3.02. The summed E-state index contributed by atoms with van der Waals surface area (Å²) in [6.45, 7) is 8.19. The summed E-state index contributed by atoms with van der Waals surface area (Å²) < 4.78 is 3.06. The van der Waals surface area contributed by atoms with Crippen molar-refractivity contribution >= 4 is 0 Å². The smallest absolute Gasteiger partial charge is 0.250 e. The molecule has 1 aromatic carbocycles. The molecule has 4 heteroatoms. The molecule has 0 saturated heterocycles. The summed E-state index contributed by atoms with van der Waals surface area (Å²) in [6, 6.07) is 8.11. The molecule has 0 radical (unpaired) electrons. The van der Waals surface area contributed by atoms with E-state index in [9.17, 15) is 4.79 Å². The maximum Gasteiger partial charge on any atom is 0.350 e. The molecule has 0 saturated carbocycles. The molecular formula is C14H19N3O. The Morgan fingerprint density at radius 3 is 2.11 bits per heavy atom. The highest BCUT2D eigenvalue weighted by atomic mass is 16.2. The summed E-state index contributed by atoms with van der Waals surface area (Å²) in [5.74, 6) is 0.495. The Balaban J connectivity index is 2.40. The zero-order valence-corrected chi connectivity index (χ0v) is 11.3. The van der Waals surface area contributed by atoms with Crippen LogP contribution in [0, 0.1) is 0 Å². The van der Waals surface area contributed by atoms with Gasteiger partial charge in [0.15, 0.2) is 0 Å². The topological polar surface area (TPSA) is 39.8 Å². The summed E-state index contributed by atoms with van der Waals surface area (Å²) in [7, 11) is 0. The molecule has 1 aromatic heterocycles. The van der Waals surface area contributed by atoms with E-state index in [0.29, 0.717) is 5.92 Å². The lowest BCUT2D eigenvalue weighted by Crippen LogP contribution is -2.25. The summed E-state index contributed by atoms with van der Waals surface area (Å²) in [6.07, 6.45) is 1.58. The summed E-state index contributed by atoms with van der Waals surface area (Å²) in [4.78, 5) is 12.1. The van der Waals surface area contributed by atoms with Gasteiger partial charge >= 0.3 is 5.69 Å². The largest absolute Gasteiger partial charge is 0.350 e. The van der Waals surface area contributed by atoms with Crippen molar-refractivity contribution < 1.29 is 0 Å². The van der Waals surface area contributed by atoms with Crippen molar-refractivity contribution in [1.29, 1.82) is 0 Å². The van der Waals surface area contributed by atoms with E-state index in [1.807, 2.05) is 26.0 Å². The first-order chi connectivity index (χ1) is 8.50. The summed E-state index contributed by atoms with van der Waals surface area (Å²) in [5, 5.41) is 4.12. The molecule has 0 amide bonds. The lowest BCUT2D eigenvalue weighted by atomic mass is 10.0. The van der Waals surface area contributed by atoms with Gasteiger partial charge < -0.3 is 0 Å². The van der Waals surface area contributed by atoms with Gasteiger partial charge in [0.2, 0.25) is 0 Å². The predicted molar refractivity (Wildman–Crippen MR) is 72.3 cm³/mol. The van der Waals surface area contributed by atoms with Crippen LogP contribution in [0.5, 0.6) is 0 Å². The molecule has 0 bridgehead atoms. The lowest BCUT2D eigenvalue weighted by Gasteiger charge is -2.06. The minimum Gasteiger partial charge on any atom is -0.250 e. The van der Waals surface area contributed by atoms with Crippen LogP contribution < -0.4 is 5.69 Å². The molecule has 0 atom stereocenters. The van der Waals surface area contributed by atoms with E-state index >= 15 is 0 Å². The van der Waals surface area contributed by atoms with Crippen LogP contribution in [-0.4, -0.2) is 14.3 Å². The van der Waals surface area contributed by atoms with Crippen molar-refractivity contribution in [2.75, 3.05) is 0 Å². The first-order valence-corrected chi connectivity index (χ1v) is 6.27. The predicted octanol–water partition coefficient (Wildman–Crippen LogP) is 2.74. The van der Waals surface area contributed by atoms with Crippen molar-refractivity contribution in [3.05, 3.63) is 46.6 Å². The Bertz CT molecular complexity index is 576. The van der Waals surface area contributed by atoms with E-state index < -0.39 is 0 Å². The second kappa shape index (κ2) is 4.80. The Kier molecular flexibility index (Phi) is 3.36. The van der Waals surface area contributed by atoms with Crippen LogP contribution in [0.25, 0.3) is 5.69 Å². The normalized spacial score (nSPS) is 11.4. The van der Waals surface area contributed by atoms with Crippen LogP contribution in [0.15, 0.2) is 35.4 Å². The summed E-state index contributed by atoms with van der Waals surface area (Å²) >= 11 is 0. The lowest BCUT2D eigenvalue weighted by molar-refractivity contribution is 0.511. The zero-order chi connectivity index (χ0) is 13.3. The number of hydrogen-bond acceptors (Lipinski definition) is 2. The first kappa shape index (κ1) is 12.6. The minimum atomic E-state index is -0.0951. The van der Waals surface area contributed by atoms with Crippen LogP contribution >= 0.6 is 0 Å². The van der Waals surface area contributed by atoms with Crippen molar-refractivity contribution in [1.82, 2.24) is 14.3 Å². The molecule has 18 heavy (non-hydrogen) atoms. The summed E-state index contributed by atoms with van der Waals surface area (Å²) in [5.41, 5.74) is 2.03. The monoisotopic (exact) mass is 245 g/mol. The molecule has 0 aliphatic rings. The second-order valence-electron chi connectivity index (χ2n) is 5.07. The number of aromatic nitrogens is 3. The Labute approximate surface area is 107 Å². The van der Waals surface area contributed by atoms with Crippen LogP contribution in [0.4, 0.5) is 0 Å². The molecule has 1 heterocycles. The maximum absolute atomic E-state index is 12.1. The molecule has 0 fully saturated rings. The number of rotatable bonds is 3. The highest BCUT2D eigenvalue weighted by Crippen LogP contribution is 2.16. The SMILES string of the molecule is CC(C)c1ccc(-n2cnn(C(C)C)c2=O)cc1.